The van der Waals surface area contributed by atoms with Crippen molar-refractivity contribution in [1.29, 1.82) is 0 Å². The summed E-state index contributed by atoms with van der Waals surface area (Å²) in [7, 11) is 0. The maximum atomic E-state index is 10.9. The summed E-state index contributed by atoms with van der Waals surface area (Å²) in [6, 6.07) is 0. The zero-order valence-corrected chi connectivity index (χ0v) is 16.3. The molecule has 0 unspecified atom stereocenters. The highest BCUT2D eigenvalue weighted by Crippen LogP contribution is 2.08. The van der Waals surface area contributed by atoms with Crippen molar-refractivity contribution < 1.29 is 19.8 Å². The maximum absolute atomic E-state index is 10.9. The van der Waals surface area contributed by atoms with Crippen LogP contribution in [0.4, 0.5) is 0 Å². The van der Waals surface area contributed by atoms with E-state index < -0.39 is 11.9 Å². The van der Waals surface area contributed by atoms with Crippen molar-refractivity contribution in [2.75, 3.05) is 0 Å². The molecule has 0 bridgehead atoms. The topological polar surface area (TPSA) is 74.6 Å². The van der Waals surface area contributed by atoms with Crippen molar-refractivity contribution in [2.24, 2.45) is 0 Å². The highest BCUT2D eigenvalue weighted by atomic mass is 16.4. The summed E-state index contributed by atoms with van der Waals surface area (Å²) in [5.74, 6) is -1.82. The molecule has 4 nitrogen and oxygen atoms in total. The highest BCUT2D eigenvalue weighted by molar-refractivity contribution is 5.87. The van der Waals surface area contributed by atoms with Gasteiger partial charge in [0.15, 0.2) is 0 Å². The van der Waals surface area contributed by atoms with Gasteiger partial charge in [-0.1, -0.05) is 59.8 Å². The van der Waals surface area contributed by atoms with Crippen molar-refractivity contribution in [3.63, 3.8) is 0 Å². The lowest BCUT2D eigenvalue weighted by atomic mass is 10.1. The molecule has 0 atom stereocenters. The van der Waals surface area contributed by atoms with E-state index in [-0.39, 0.29) is 0 Å². The van der Waals surface area contributed by atoms with Crippen molar-refractivity contribution >= 4 is 11.9 Å². The lowest BCUT2D eigenvalue weighted by molar-refractivity contribution is -0.133. The molecule has 0 amide bonds. The van der Waals surface area contributed by atoms with Crippen molar-refractivity contribution in [3.8, 4) is 0 Å². The molecule has 26 heavy (non-hydrogen) atoms. The van der Waals surface area contributed by atoms with E-state index in [4.69, 9.17) is 10.2 Å². The van der Waals surface area contributed by atoms with Gasteiger partial charge in [-0.2, -0.15) is 0 Å². The number of carbonyl (C=O) groups is 2. The Bertz CT molecular complexity index is 687. The van der Waals surface area contributed by atoms with Crippen LogP contribution in [0, 0.1) is 0 Å². The molecule has 0 aromatic carbocycles. The number of allylic oxidation sites excluding steroid dienone is 12. The van der Waals surface area contributed by atoms with Crippen molar-refractivity contribution in [2.45, 2.75) is 41.5 Å². The van der Waals surface area contributed by atoms with Crippen LogP contribution in [0.5, 0.6) is 0 Å². The summed E-state index contributed by atoms with van der Waals surface area (Å²) in [5, 5.41) is 17.8. The molecule has 0 aromatic rings. The fourth-order valence-corrected chi connectivity index (χ4v) is 1.63. The highest BCUT2D eigenvalue weighted by Gasteiger charge is 2.02. The van der Waals surface area contributed by atoms with E-state index in [1.807, 2.05) is 50.3 Å². The lowest BCUT2D eigenvalue weighted by Crippen LogP contribution is -1.98. The summed E-state index contributed by atoms with van der Waals surface area (Å²) in [6.45, 7) is 10.6. The van der Waals surface area contributed by atoms with Crippen LogP contribution in [0.15, 0.2) is 82.0 Å². The van der Waals surface area contributed by atoms with Gasteiger partial charge >= 0.3 is 11.9 Å². The summed E-state index contributed by atoms with van der Waals surface area (Å²) in [6.07, 6.45) is 14.9. The Morgan fingerprint density at radius 2 is 0.885 bits per heavy atom. The second kappa shape index (κ2) is 11.6. The molecule has 0 saturated heterocycles. The lowest BCUT2D eigenvalue weighted by Gasteiger charge is -1.97. The summed E-state index contributed by atoms with van der Waals surface area (Å²) in [4.78, 5) is 21.7. The third-order valence-electron chi connectivity index (χ3n) is 3.85. The third-order valence-corrected chi connectivity index (χ3v) is 3.85. The molecular formula is C22H28O4. The fourth-order valence-electron chi connectivity index (χ4n) is 1.63. The Labute approximate surface area is 155 Å². The van der Waals surface area contributed by atoms with Crippen LogP contribution >= 0.6 is 0 Å². The molecule has 0 heterocycles. The molecule has 0 saturated carbocycles. The molecule has 0 rings (SSSR count). The van der Waals surface area contributed by atoms with Crippen LogP contribution in [0.1, 0.15) is 41.5 Å². The van der Waals surface area contributed by atoms with Crippen LogP contribution in [-0.4, -0.2) is 22.2 Å². The number of hydrogen-bond acceptors (Lipinski definition) is 2. The van der Waals surface area contributed by atoms with E-state index in [1.165, 1.54) is 0 Å². The summed E-state index contributed by atoms with van der Waals surface area (Å²) >= 11 is 0. The fraction of sp³-hybridized carbons (Fsp3) is 0.273. The van der Waals surface area contributed by atoms with Crippen molar-refractivity contribution in [1.82, 2.24) is 0 Å². The van der Waals surface area contributed by atoms with Crippen molar-refractivity contribution in [3.05, 3.63) is 82.0 Å². The van der Waals surface area contributed by atoms with E-state index in [0.717, 1.165) is 22.3 Å². The molecule has 0 fully saturated rings. The smallest absolute Gasteiger partial charge is 0.331 e. The summed E-state index contributed by atoms with van der Waals surface area (Å²) in [5.41, 5.74) is 4.09. The normalized spacial score (nSPS) is 15.6. The first-order valence-electron chi connectivity index (χ1n) is 8.25. The van der Waals surface area contributed by atoms with Gasteiger partial charge in [-0.25, -0.2) is 9.59 Å². The average molecular weight is 356 g/mol. The Balaban J connectivity index is 4.92. The van der Waals surface area contributed by atoms with Crippen LogP contribution in [0.25, 0.3) is 0 Å². The number of hydrogen-bond donors (Lipinski definition) is 2. The quantitative estimate of drug-likeness (QED) is 0.452. The van der Waals surface area contributed by atoms with Crippen LogP contribution in [0.3, 0.4) is 0 Å². The summed E-state index contributed by atoms with van der Waals surface area (Å²) < 4.78 is 0. The van der Waals surface area contributed by atoms with Gasteiger partial charge in [0.1, 0.15) is 0 Å². The van der Waals surface area contributed by atoms with Gasteiger partial charge in [0, 0.05) is 11.1 Å². The zero-order valence-electron chi connectivity index (χ0n) is 16.3. The average Bonchev–Trinajstić information content (AvgIpc) is 2.59. The van der Waals surface area contributed by atoms with Crippen LogP contribution in [0.2, 0.25) is 0 Å². The molecule has 0 spiro atoms. The van der Waals surface area contributed by atoms with Gasteiger partial charge in [0.05, 0.1) is 0 Å². The molecule has 140 valence electrons. The standard InChI is InChI=1S/C22H28O4/c1-15(11-13-17(3)19(5)21(23)24)9-7-8-10-16(2)12-14-18(4)20(6)22(25)26/h7-14H,1-6H3,(H,23,24)(H,25,26)/b8-7+,13-11+,14-12+,15-9+,16-10+,19-17+,20-18+. The molecule has 0 aromatic heterocycles. The van der Waals surface area contributed by atoms with Gasteiger partial charge in [-0.05, 0) is 52.7 Å². The largest absolute Gasteiger partial charge is 0.478 e. The van der Waals surface area contributed by atoms with E-state index in [2.05, 4.69) is 0 Å². The molecule has 2 N–H and O–H groups in total. The first-order chi connectivity index (χ1) is 12.1. The monoisotopic (exact) mass is 356 g/mol. The van der Waals surface area contributed by atoms with Gasteiger partial charge in [-0.3, -0.25) is 0 Å². The number of carboxylic acid groups (broad SMARTS) is 2. The van der Waals surface area contributed by atoms with Gasteiger partial charge in [0.2, 0.25) is 0 Å². The van der Waals surface area contributed by atoms with Crippen LogP contribution in [-0.2, 0) is 9.59 Å². The first kappa shape index (κ1) is 23.1. The number of rotatable bonds is 8. The second-order valence-corrected chi connectivity index (χ2v) is 6.10. The Hall–Kier alpha value is -2.88. The molecule has 0 aliphatic carbocycles. The van der Waals surface area contributed by atoms with E-state index >= 15 is 0 Å². The van der Waals surface area contributed by atoms with E-state index in [9.17, 15) is 9.59 Å². The SMILES string of the molecule is CC(/C=C/C(C)=C(\C)C(=O)O)=C\C=C\C=C(C)\C=C\C(C)=C(/C)C(=O)O. The first-order valence-corrected chi connectivity index (χ1v) is 8.25. The zero-order chi connectivity index (χ0) is 20.3. The van der Waals surface area contributed by atoms with E-state index in [1.54, 1.807) is 39.8 Å². The molecule has 0 aliphatic rings. The predicted molar refractivity (Wildman–Crippen MR) is 107 cm³/mol. The molecule has 0 aliphatic heterocycles. The third kappa shape index (κ3) is 9.42. The molecular weight excluding hydrogens is 328 g/mol. The van der Waals surface area contributed by atoms with Gasteiger partial charge < -0.3 is 10.2 Å². The molecule has 4 heteroatoms. The minimum Gasteiger partial charge on any atom is -0.478 e. The van der Waals surface area contributed by atoms with Crippen LogP contribution < -0.4 is 0 Å². The Kier molecular flexibility index (Phi) is 10.3. The molecule has 0 radical (unpaired) electrons. The minimum absolute atomic E-state index is 0.331. The second-order valence-electron chi connectivity index (χ2n) is 6.10. The maximum Gasteiger partial charge on any atom is 0.331 e. The van der Waals surface area contributed by atoms with Gasteiger partial charge in [0.25, 0.3) is 0 Å². The predicted octanol–water partition coefficient (Wildman–Crippen LogP) is 5.39. The minimum atomic E-state index is -0.911. The Morgan fingerprint density at radius 1 is 0.577 bits per heavy atom. The van der Waals surface area contributed by atoms with E-state index in [0.29, 0.717) is 11.1 Å². The number of aliphatic carboxylic acids is 2. The number of carboxylic acids is 2. The Morgan fingerprint density at radius 3 is 1.15 bits per heavy atom. The van der Waals surface area contributed by atoms with Gasteiger partial charge in [-0.15, -0.1) is 0 Å².